The van der Waals surface area contributed by atoms with Gasteiger partial charge < -0.3 is 4.57 Å². The average molecular weight is 348 g/mol. The van der Waals surface area contributed by atoms with E-state index in [0.29, 0.717) is 5.95 Å². The molecule has 0 unspecified atom stereocenters. The molecule has 1 aliphatic heterocycles. The highest BCUT2D eigenvalue weighted by atomic mass is 16.2. The number of para-hydroxylation sites is 2. The third kappa shape index (κ3) is 3.22. The van der Waals surface area contributed by atoms with Gasteiger partial charge in [0, 0.05) is 13.1 Å². The van der Waals surface area contributed by atoms with Crippen LogP contribution in [-0.4, -0.2) is 32.9 Å². The fourth-order valence-corrected chi connectivity index (χ4v) is 3.81. The van der Waals surface area contributed by atoms with Crippen LogP contribution in [0.15, 0.2) is 54.6 Å². The molecular formula is C21H24N4O. The van der Waals surface area contributed by atoms with Crippen molar-refractivity contribution in [3.63, 3.8) is 0 Å². The summed E-state index contributed by atoms with van der Waals surface area (Å²) < 4.78 is 2.06. The van der Waals surface area contributed by atoms with Gasteiger partial charge in [0.2, 0.25) is 11.9 Å². The van der Waals surface area contributed by atoms with Crippen LogP contribution < -0.4 is 5.32 Å². The van der Waals surface area contributed by atoms with Gasteiger partial charge in [-0.1, -0.05) is 42.5 Å². The minimum Gasteiger partial charge on any atom is -0.310 e. The smallest absolute Gasteiger partial charge is 0.244 e. The van der Waals surface area contributed by atoms with Crippen molar-refractivity contribution < 1.29 is 4.79 Å². The molecule has 1 fully saturated rings. The summed E-state index contributed by atoms with van der Waals surface area (Å²) in [5.41, 5.74) is 3.21. The van der Waals surface area contributed by atoms with Crippen molar-refractivity contribution in [1.29, 1.82) is 0 Å². The van der Waals surface area contributed by atoms with Crippen LogP contribution in [0, 0.1) is 0 Å². The minimum absolute atomic E-state index is 0.0448. The lowest BCUT2D eigenvalue weighted by molar-refractivity contribution is -0.120. The molecule has 1 atom stereocenters. The summed E-state index contributed by atoms with van der Waals surface area (Å²) in [6, 6.07) is 18.2. The third-order valence-electron chi connectivity index (χ3n) is 5.10. The van der Waals surface area contributed by atoms with Crippen LogP contribution in [0.2, 0.25) is 0 Å². The van der Waals surface area contributed by atoms with E-state index in [1.165, 1.54) is 5.56 Å². The standard InChI is InChI=1S/C21H24N4O/c1-2-25-18-12-7-6-11-17(18)22-21(25)23-20(26)19-13-8-14-24(19)15-16-9-4-3-5-10-16/h3-7,9-12,19H,2,8,13-15H2,1H3,(H,22,23,26)/t19-/m1/s1. The molecule has 3 aromatic rings. The summed E-state index contributed by atoms with van der Waals surface area (Å²) in [7, 11) is 0. The van der Waals surface area contributed by atoms with E-state index < -0.39 is 0 Å². The van der Waals surface area contributed by atoms with E-state index in [0.717, 1.165) is 43.5 Å². The minimum atomic E-state index is -0.0969. The monoisotopic (exact) mass is 348 g/mol. The zero-order chi connectivity index (χ0) is 17.9. The van der Waals surface area contributed by atoms with Gasteiger partial charge in [0.05, 0.1) is 17.1 Å². The van der Waals surface area contributed by atoms with Crippen LogP contribution in [-0.2, 0) is 17.9 Å². The van der Waals surface area contributed by atoms with Crippen molar-refractivity contribution in [2.75, 3.05) is 11.9 Å². The number of hydrogen-bond acceptors (Lipinski definition) is 3. The molecule has 4 rings (SSSR count). The molecule has 0 bridgehead atoms. The molecule has 2 heterocycles. The number of aromatic nitrogens is 2. The lowest BCUT2D eigenvalue weighted by Crippen LogP contribution is -2.39. The van der Waals surface area contributed by atoms with Crippen molar-refractivity contribution in [3.05, 3.63) is 60.2 Å². The molecule has 5 nitrogen and oxygen atoms in total. The Bertz CT molecular complexity index is 903. The van der Waals surface area contributed by atoms with E-state index in [-0.39, 0.29) is 11.9 Å². The quantitative estimate of drug-likeness (QED) is 0.765. The lowest BCUT2D eigenvalue weighted by atomic mass is 10.1. The van der Waals surface area contributed by atoms with E-state index in [2.05, 4.69) is 38.8 Å². The molecule has 0 saturated carbocycles. The van der Waals surface area contributed by atoms with Gasteiger partial charge in [-0.25, -0.2) is 4.98 Å². The van der Waals surface area contributed by atoms with Gasteiger partial charge in [-0.05, 0) is 44.0 Å². The van der Waals surface area contributed by atoms with Gasteiger partial charge >= 0.3 is 0 Å². The molecule has 1 aliphatic rings. The normalized spacial score (nSPS) is 17.7. The van der Waals surface area contributed by atoms with E-state index in [9.17, 15) is 4.79 Å². The number of anilines is 1. The molecular weight excluding hydrogens is 324 g/mol. The summed E-state index contributed by atoms with van der Waals surface area (Å²) in [6.07, 6.45) is 1.94. The molecule has 26 heavy (non-hydrogen) atoms. The van der Waals surface area contributed by atoms with Crippen molar-refractivity contribution in [1.82, 2.24) is 14.5 Å². The van der Waals surface area contributed by atoms with Gasteiger partial charge in [-0.2, -0.15) is 0 Å². The number of carbonyl (C=O) groups excluding carboxylic acids is 1. The topological polar surface area (TPSA) is 50.2 Å². The summed E-state index contributed by atoms with van der Waals surface area (Å²) in [6.45, 7) is 4.61. The number of imidazole rings is 1. The Morgan fingerprint density at radius 2 is 1.92 bits per heavy atom. The van der Waals surface area contributed by atoms with Crippen molar-refractivity contribution >= 4 is 22.9 Å². The molecule has 0 aliphatic carbocycles. The van der Waals surface area contributed by atoms with Gasteiger partial charge in [-0.3, -0.25) is 15.0 Å². The van der Waals surface area contributed by atoms with E-state index in [4.69, 9.17) is 0 Å². The Morgan fingerprint density at radius 3 is 2.73 bits per heavy atom. The first-order valence-corrected chi connectivity index (χ1v) is 9.30. The van der Waals surface area contributed by atoms with Crippen LogP contribution in [0.1, 0.15) is 25.3 Å². The molecule has 0 radical (unpaired) electrons. The number of hydrogen-bond donors (Lipinski definition) is 1. The van der Waals surface area contributed by atoms with Crippen LogP contribution in [0.5, 0.6) is 0 Å². The fraction of sp³-hybridized carbons (Fsp3) is 0.333. The number of nitrogens with zero attached hydrogens (tertiary/aromatic N) is 3. The zero-order valence-corrected chi connectivity index (χ0v) is 15.1. The van der Waals surface area contributed by atoms with Gasteiger partial charge in [0.25, 0.3) is 0 Å². The van der Waals surface area contributed by atoms with Crippen LogP contribution in [0.3, 0.4) is 0 Å². The largest absolute Gasteiger partial charge is 0.310 e. The first kappa shape index (κ1) is 16.8. The molecule has 0 spiro atoms. The molecule has 1 amide bonds. The number of rotatable bonds is 5. The fourth-order valence-electron chi connectivity index (χ4n) is 3.81. The number of carbonyl (C=O) groups is 1. The van der Waals surface area contributed by atoms with E-state index >= 15 is 0 Å². The molecule has 134 valence electrons. The predicted octanol–water partition coefficient (Wildman–Crippen LogP) is 3.66. The number of benzene rings is 2. The van der Waals surface area contributed by atoms with Crippen molar-refractivity contribution in [2.45, 2.75) is 38.9 Å². The van der Waals surface area contributed by atoms with E-state index in [1.807, 2.05) is 42.5 Å². The van der Waals surface area contributed by atoms with Gasteiger partial charge in [0.1, 0.15) is 0 Å². The van der Waals surface area contributed by atoms with Gasteiger partial charge in [-0.15, -0.1) is 0 Å². The van der Waals surface area contributed by atoms with Crippen LogP contribution in [0.4, 0.5) is 5.95 Å². The first-order chi connectivity index (χ1) is 12.8. The number of fused-ring (bicyclic) bond motifs is 1. The van der Waals surface area contributed by atoms with Crippen molar-refractivity contribution in [2.24, 2.45) is 0 Å². The first-order valence-electron chi connectivity index (χ1n) is 9.30. The second-order valence-corrected chi connectivity index (χ2v) is 6.77. The lowest BCUT2D eigenvalue weighted by Gasteiger charge is -2.23. The van der Waals surface area contributed by atoms with Gasteiger partial charge in [0.15, 0.2) is 0 Å². The Kier molecular flexibility index (Phi) is 4.71. The Hall–Kier alpha value is -2.66. The summed E-state index contributed by atoms with van der Waals surface area (Å²) in [5.74, 6) is 0.689. The summed E-state index contributed by atoms with van der Waals surface area (Å²) in [5, 5.41) is 3.08. The highest BCUT2D eigenvalue weighted by Crippen LogP contribution is 2.23. The maximum atomic E-state index is 13.0. The molecule has 1 saturated heterocycles. The molecule has 2 aromatic carbocycles. The maximum Gasteiger partial charge on any atom is 0.244 e. The summed E-state index contributed by atoms with van der Waals surface area (Å²) in [4.78, 5) is 19.8. The predicted molar refractivity (Wildman–Crippen MR) is 104 cm³/mol. The van der Waals surface area contributed by atoms with Crippen LogP contribution >= 0.6 is 0 Å². The number of likely N-dealkylation sites (tertiary alicyclic amines) is 1. The highest BCUT2D eigenvalue weighted by molar-refractivity contribution is 5.95. The van der Waals surface area contributed by atoms with Crippen LogP contribution in [0.25, 0.3) is 11.0 Å². The van der Waals surface area contributed by atoms with E-state index in [1.54, 1.807) is 0 Å². The number of amides is 1. The summed E-state index contributed by atoms with van der Waals surface area (Å²) >= 11 is 0. The molecule has 5 heteroatoms. The van der Waals surface area contributed by atoms with Crippen molar-refractivity contribution in [3.8, 4) is 0 Å². The maximum absolute atomic E-state index is 13.0. The zero-order valence-electron chi connectivity index (χ0n) is 15.1. The average Bonchev–Trinajstić information content (AvgIpc) is 3.26. The Balaban J connectivity index is 1.52. The SMILES string of the molecule is CCn1c(NC(=O)[C@H]2CCCN2Cc2ccccc2)nc2ccccc21. The highest BCUT2D eigenvalue weighted by Gasteiger charge is 2.31. The Morgan fingerprint density at radius 1 is 1.15 bits per heavy atom. The third-order valence-corrected chi connectivity index (χ3v) is 5.10. The second-order valence-electron chi connectivity index (χ2n) is 6.77. The molecule has 1 aromatic heterocycles. The molecule has 1 N–H and O–H groups in total. The number of nitrogens with one attached hydrogen (secondary N) is 1. The Labute approximate surface area is 153 Å². The second kappa shape index (κ2) is 7.30. The number of aryl methyl sites for hydroxylation is 1.